The van der Waals surface area contributed by atoms with Crippen molar-refractivity contribution in [3.05, 3.63) is 77.0 Å². The van der Waals surface area contributed by atoms with Gasteiger partial charge in [0.25, 0.3) is 5.91 Å². The van der Waals surface area contributed by atoms with Gasteiger partial charge in [-0.1, -0.05) is 51.1 Å². The third-order valence-corrected chi connectivity index (χ3v) is 3.59. The molecule has 0 saturated carbocycles. The molecule has 0 bridgehead atoms. The molecule has 3 nitrogen and oxygen atoms in total. The normalized spacial score (nSPS) is 12.2. The molecule has 0 heterocycles. The number of nitrogens with one attached hydrogen (secondary N) is 1. The highest BCUT2D eigenvalue weighted by Crippen LogP contribution is 2.30. The van der Waals surface area contributed by atoms with Gasteiger partial charge in [-0.2, -0.15) is 5.26 Å². The van der Waals surface area contributed by atoms with E-state index >= 15 is 0 Å². The van der Waals surface area contributed by atoms with Crippen LogP contribution >= 0.6 is 0 Å². The van der Waals surface area contributed by atoms with Gasteiger partial charge < -0.3 is 5.32 Å². The van der Waals surface area contributed by atoms with E-state index in [9.17, 15) is 18.8 Å². The molecule has 2 aromatic carbocycles. The summed E-state index contributed by atoms with van der Waals surface area (Å²) in [4.78, 5) is 12.5. The average molecular weight is 340 g/mol. The van der Waals surface area contributed by atoms with Gasteiger partial charge >= 0.3 is 0 Å². The number of carbonyl (C=O) groups is 1. The predicted octanol–water partition coefficient (Wildman–Crippen LogP) is 4.68. The zero-order chi connectivity index (χ0) is 18.6. The molecule has 0 atom stereocenters. The summed E-state index contributed by atoms with van der Waals surface area (Å²) in [7, 11) is 0. The minimum absolute atomic E-state index is 0.276. The Hall–Kier alpha value is -3.00. The average Bonchev–Trinajstić information content (AvgIpc) is 2.56. The summed E-state index contributed by atoms with van der Waals surface area (Å²) in [6.45, 7) is 5.47. The lowest BCUT2D eigenvalue weighted by Gasteiger charge is -2.25. The first-order valence-corrected chi connectivity index (χ1v) is 7.70. The third-order valence-electron chi connectivity index (χ3n) is 3.59. The first kappa shape index (κ1) is 18.3. The van der Waals surface area contributed by atoms with E-state index in [4.69, 9.17) is 0 Å². The quantitative estimate of drug-likeness (QED) is 0.825. The molecule has 1 amide bonds. The topological polar surface area (TPSA) is 52.9 Å². The van der Waals surface area contributed by atoms with Crippen LogP contribution in [-0.2, 0) is 0 Å². The Morgan fingerprint density at radius 3 is 2.28 bits per heavy atom. The monoisotopic (exact) mass is 340 g/mol. The number of nitriles is 1. The summed E-state index contributed by atoms with van der Waals surface area (Å²) < 4.78 is 27.2. The Morgan fingerprint density at radius 1 is 1.08 bits per heavy atom. The van der Waals surface area contributed by atoms with Gasteiger partial charge in [-0.15, -0.1) is 0 Å². The molecule has 0 aliphatic carbocycles. The van der Waals surface area contributed by atoms with Crippen LogP contribution in [0.15, 0.2) is 54.2 Å². The summed E-state index contributed by atoms with van der Waals surface area (Å²) in [5.41, 5.74) is 0.246. The van der Waals surface area contributed by atoms with Gasteiger partial charge in [-0.25, -0.2) is 8.78 Å². The molecule has 0 unspecified atom stereocenters. The van der Waals surface area contributed by atoms with Crippen molar-refractivity contribution in [3.63, 3.8) is 0 Å². The van der Waals surface area contributed by atoms with E-state index < -0.39 is 28.5 Å². The molecule has 2 rings (SSSR count). The standard InChI is InChI=1S/C20H18F2N2O/c1-20(2,3)18(16(12-23)13-7-5-4-6-8-13)24-19(25)15-11-14(21)9-10-17(15)22/h4-11H,1-3H3,(H,24,25). The van der Waals surface area contributed by atoms with Crippen LogP contribution in [-0.4, -0.2) is 5.91 Å². The molecule has 0 fully saturated rings. The predicted molar refractivity (Wildman–Crippen MR) is 92.3 cm³/mol. The summed E-state index contributed by atoms with van der Waals surface area (Å²) in [6, 6.07) is 13.6. The van der Waals surface area contributed by atoms with Crippen molar-refractivity contribution in [1.29, 1.82) is 5.26 Å². The number of halogens is 2. The van der Waals surface area contributed by atoms with E-state index in [-0.39, 0.29) is 5.57 Å². The molecule has 0 aliphatic rings. The molecule has 0 spiro atoms. The zero-order valence-electron chi connectivity index (χ0n) is 14.2. The lowest BCUT2D eigenvalue weighted by atomic mass is 9.86. The number of hydrogen-bond acceptors (Lipinski definition) is 2. The Balaban J connectivity index is 2.53. The summed E-state index contributed by atoms with van der Waals surface area (Å²) >= 11 is 0. The fourth-order valence-electron chi connectivity index (χ4n) is 2.35. The highest BCUT2D eigenvalue weighted by atomic mass is 19.1. The number of allylic oxidation sites excluding steroid dienone is 2. The van der Waals surface area contributed by atoms with Crippen molar-refractivity contribution in [2.75, 3.05) is 0 Å². The molecule has 0 radical (unpaired) electrons. The largest absolute Gasteiger partial charge is 0.324 e. The number of carbonyl (C=O) groups excluding carboxylic acids is 1. The van der Waals surface area contributed by atoms with E-state index in [0.29, 0.717) is 11.3 Å². The Morgan fingerprint density at radius 2 is 1.72 bits per heavy atom. The van der Waals surface area contributed by atoms with Crippen molar-refractivity contribution >= 4 is 11.5 Å². The molecule has 128 valence electrons. The molecule has 5 heteroatoms. The van der Waals surface area contributed by atoms with Crippen molar-refractivity contribution in [2.45, 2.75) is 20.8 Å². The van der Waals surface area contributed by atoms with Gasteiger partial charge in [0.15, 0.2) is 0 Å². The number of rotatable bonds is 3. The van der Waals surface area contributed by atoms with E-state index in [1.165, 1.54) is 0 Å². The molecular weight excluding hydrogens is 322 g/mol. The Labute approximate surface area is 145 Å². The number of amides is 1. The van der Waals surface area contributed by atoms with Crippen molar-refractivity contribution in [3.8, 4) is 6.07 Å². The fraction of sp³-hybridized carbons (Fsp3) is 0.200. The van der Waals surface area contributed by atoms with Crippen LogP contribution in [0.5, 0.6) is 0 Å². The maximum atomic E-state index is 13.9. The lowest BCUT2D eigenvalue weighted by molar-refractivity contribution is 0.0953. The van der Waals surface area contributed by atoms with Crippen molar-refractivity contribution < 1.29 is 13.6 Å². The molecule has 0 aromatic heterocycles. The molecule has 2 aromatic rings. The van der Waals surface area contributed by atoms with E-state index in [2.05, 4.69) is 11.4 Å². The van der Waals surface area contributed by atoms with Crippen LogP contribution in [0.25, 0.3) is 5.57 Å². The third kappa shape index (κ3) is 4.30. The van der Waals surface area contributed by atoms with Gasteiger partial charge in [0, 0.05) is 11.1 Å². The highest BCUT2D eigenvalue weighted by molar-refractivity contribution is 5.97. The van der Waals surface area contributed by atoms with Crippen LogP contribution in [0.1, 0.15) is 36.7 Å². The summed E-state index contributed by atoms with van der Waals surface area (Å²) in [6.07, 6.45) is 0. The molecule has 1 N–H and O–H groups in total. The second kappa shape index (κ2) is 7.27. The van der Waals surface area contributed by atoms with Crippen molar-refractivity contribution in [1.82, 2.24) is 5.32 Å². The molecule has 0 saturated heterocycles. The van der Waals surface area contributed by atoms with Crippen molar-refractivity contribution in [2.24, 2.45) is 5.41 Å². The second-order valence-corrected chi connectivity index (χ2v) is 6.56. The maximum absolute atomic E-state index is 13.9. The van der Waals surface area contributed by atoms with Crippen LogP contribution in [0.3, 0.4) is 0 Å². The summed E-state index contributed by atoms with van der Waals surface area (Å²) in [5.74, 6) is -2.34. The first-order chi connectivity index (χ1) is 11.7. The minimum atomic E-state index is -0.828. The van der Waals surface area contributed by atoms with E-state index in [1.54, 1.807) is 24.3 Å². The highest BCUT2D eigenvalue weighted by Gasteiger charge is 2.26. The number of hydrogen-bond donors (Lipinski definition) is 1. The Kier molecular flexibility index (Phi) is 5.33. The zero-order valence-corrected chi connectivity index (χ0v) is 14.2. The summed E-state index contributed by atoms with van der Waals surface area (Å²) in [5, 5.41) is 12.2. The first-order valence-electron chi connectivity index (χ1n) is 7.70. The smallest absolute Gasteiger partial charge is 0.258 e. The molecule has 0 aliphatic heterocycles. The van der Waals surface area contributed by atoms with Crippen LogP contribution in [0.2, 0.25) is 0 Å². The van der Waals surface area contributed by atoms with Gasteiger partial charge in [-0.3, -0.25) is 4.79 Å². The minimum Gasteiger partial charge on any atom is -0.324 e. The SMILES string of the molecule is CC(C)(C)C(NC(=O)c1cc(F)ccc1F)=C(C#N)c1ccccc1. The number of nitrogens with zero attached hydrogens (tertiary/aromatic N) is 1. The fourth-order valence-corrected chi connectivity index (χ4v) is 2.35. The second-order valence-electron chi connectivity index (χ2n) is 6.56. The van der Waals surface area contributed by atoms with Crippen LogP contribution in [0, 0.1) is 28.4 Å². The van der Waals surface area contributed by atoms with Crippen LogP contribution in [0.4, 0.5) is 8.78 Å². The van der Waals surface area contributed by atoms with Gasteiger partial charge in [0.05, 0.1) is 11.1 Å². The number of benzene rings is 2. The van der Waals surface area contributed by atoms with Crippen LogP contribution < -0.4 is 5.32 Å². The van der Waals surface area contributed by atoms with E-state index in [1.807, 2.05) is 26.8 Å². The Bertz CT molecular complexity index is 860. The molecule has 25 heavy (non-hydrogen) atoms. The van der Waals surface area contributed by atoms with Gasteiger partial charge in [-0.05, 0) is 23.8 Å². The maximum Gasteiger partial charge on any atom is 0.258 e. The van der Waals surface area contributed by atoms with Gasteiger partial charge in [0.1, 0.15) is 17.7 Å². The molecular formula is C20H18F2N2O. The lowest BCUT2D eigenvalue weighted by Crippen LogP contribution is -2.32. The van der Waals surface area contributed by atoms with Gasteiger partial charge in [0.2, 0.25) is 0 Å². The van der Waals surface area contributed by atoms with E-state index in [0.717, 1.165) is 18.2 Å².